The molecule has 0 amide bonds. The largest absolute Gasteiger partial charge is 0.622 e. The second-order valence-corrected chi connectivity index (χ2v) is 6.36. The minimum atomic E-state index is -0.980. The van der Waals surface area contributed by atoms with Crippen molar-refractivity contribution in [3.05, 3.63) is 93.9 Å². The van der Waals surface area contributed by atoms with E-state index in [1.165, 1.54) is 19.4 Å². The number of carbonyl (C=O) groups is 1. The van der Waals surface area contributed by atoms with Crippen molar-refractivity contribution in [2.75, 3.05) is 7.11 Å². The van der Waals surface area contributed by atoms with Crippen molar-refractivity contribution in [2.45, 2.75) is 12.5 Å². The van der Waals surface area contributed by atoms with Crippen molar-refractivity contribution >= 4 is 11.5 Å². The maximum absolute atomic E-state index is 13.7. The predicted molar refractivity (Wildman–Crippen MR) is 95.0 cm³/mol. The highest BCUT2D eigenvalue weighted by molar-refractivity contribution is 6.03. The molecule has 2 unspecified atom stereocenters. The van der Waals surface area contributed by atoms with Crippen LogP contribution in [-0.2, 0) is 11.2 Å². The molecule has 26 heavy (non-hydrogen) atoms. The average molecular weight is 349 g/mol. The number of methoxy groups -OCH3 is 1. The molecule has 0 aliphatic carbocycles. The first-order valence-corrected chi connectivity index (χ1v) is 8.26. The van der Waals surface area contributed by atoms with E-state index in [9.17, 15) is 14.9 Å². The normalized spacial score (nSPS) is 23.9. The fourth-order valence-corrected chi connectivity index (χ4v) is 3.54. The minimum Gasteiger partial charge on any atom is -0.622 e. The Kier molecular flexibility index (Phi) is 3.79. The Morgan fingerprint density at radius 2 is 1.96 bits per heavy atom. The molecule has 0 spiro atoms. The van der Waals surface area contributed by atoms with Gasteiger partial charge < -0.3 is 9.94 Å². The zero-order chi connectivity index (χ0) is 18.3. The molecule has 130 valence electrons. The van der Waals surface area contributed by atoms with Gasteiger partial charge in [0.25, 0.3) is 23.4 Å². The average Bonchev–Trinajstić information content (AvgIpc) is 2.91. The number of allylic oxidation sites excluding steroid dienone is 1. The van der Waals surface area contributed by atoms with Gasteiger partial charge in [-0.2, -0.15) is 0 Å². The lowest BCUT2D eigenvalue weighted by atomic mass is 9.95. The second-order valence-electron chi connectivity index (χ2n) is 6.36. The molecule has 6 nitrogen and oxygen atoms in total. The zero-order valence-electron chi connectivity index (χ0n) is 14.2. The predicted octanol–water partition coefficient (Wildman–Crippen LogP) is 3.66. The van der Waals surface area contributed by atoms with Crippen LogP contribution >= 0.6 is 0 Å². The molecule has 0 bridgehead atoms. The molecular weight excluding hydrogens is 332 g/mol. The number of nitroso groups, excluding NO2 is 1. The summed E-state index contributed by atoms with van der Waals surface area (Å²) in [4.78, 5) is 24.8. The van der Waals surface area contributed by atoms with Crippen molar-refractivity contribution in [3.8, 4) is 5.75 Å². The number of fused-ring (bicyclic) bond motifs is 2. The van der Waals surface area contributed by atoms with Gasteiger partial charge in [-0.25, -0.2) is 0 Å². The third-order valence-electron chi connectivity index (χ3n) is 4.88. The zero-order valence-corrected chi connectivity index (χ0v) is 14.2. The van der Waals surface area contributed by atoms with Crippen LogP contribution in [0, 0.1) is 10.1 Å². The van der Waals surface area contributed by atoms with Gasteiger partial charge in [-0.05, 0) is 17.7 Å². The topological polar surface area (TPSA) is 69.4 Å². The Balaban J connectivity index is 1.93. The molecule has 0 radical (unpaired) electrons. The van der Waals surface area contributed by atoms with Gasteiger partial charge in [0.05, 0.1) is 17.4 Å². The van der Waals surface area contributed by atoms with Crippen LogP contribution in [0.5, 0.6) is 5.75 Å². The Bertz CT molecular complexity index is 965. The summed E-state index contributed by atoms with van der Waals surface area (Å²) in [5, 5.41) is 13.7. The Morgan fingerprint density at radius 3 is 2.69 bits per heavy atom. The molecule has 2 aliphatic heterocycles. The van der Waals surface area contributed by atoms with Crippen LogP contribution in [0.3, 0.4) is 0 Å². The molecule has 0 aromatic heterocycles. The number of rotatable bonds is 3. The molecular formula is C20H17N2O4+. The molecule has 6 heteroatoms. The van der Waals surface area contributed by atoms with Gasteiger partial charge >= 0.3 is 0 Å². The van der Waals surface area contributed by atoms with E-state index >= 15 is 0 Å². The summed E-state index contributed by atoms with van der Waals surface area (Å²) in [6.45, 7) is 0. The lowest BCUT2D eigenvalue weighted by Crippen LogP contribution is -2.39. The molecule has 2 aliphatic rings. The van der Waals surface area contributed by atoms with Gasteiger partial charge in [-0.1, -0.05) is 30.3 Å². The summed E-state index contributed by atoms with van der Waals surface area (Å²) in [6.07, 6.45) is 4.05. The Morgan fingerprint density at radius 1 is 1.19 bits per heavy atom. The van der Waals surface area contributed by atoms with Crippen LogP contribution in [0.2, 0.25) is 0 Å². The number of hydrogen-bond acceptors (Lipinski definition) is 4. The molecule has 0 fully saturated rings. The third kappa shape index (κ3) is 2.47. The van der Waals surface area contributed by atoms with Crippen LogP contribution in [0.1, 0.15) is 17.2 Å². The highest BCUT2D eigenvalue weighted by atomic mass is 16.6. The first-order chi connectivity index (χ1) is 12.5. The summed E-state index contributed by atoms with van der Waals surface area (Å²) in [5.41, 5.74) is 1.79. The van der Waals surface area contributed by atoms with E-state index in [2.05, 4.69) is 0 Å². The van der Waals surface area contributed by atoms with Crippen LogP contribution in [0.25, 0.3) is 0 Å². The van der Waals surface area contributed by atoms with E-state index in [-0.39, 0.29) is 5.70 Å². The number of quaternary nitrogens is 1. The number of hydrogen-bond donors (Lipinski definition) is 0. The van der Waals surface area contributed by atoms with Crippen molar-refractivity contribution in [3.63, 3.8) is 0 Å². The van der Waals surface area contributed by atoms with Gasteiger partial charge in [0.15, 0.2) is 0 Å². The van der Waals surface area contributed by atoms with Crippen LogP contribution in [0.15, 0.2) is 72.7 Å². The molecule has 0 N–H and O–H groups in total. The van der Waals surface area contributed by atoms with E-state index in [1.807, 2.05) is 30.3 Å². The number of carbonyl (C=O) groups excluding carboxylic acids is 1. The fraction of sp³-hybridized carbons (Fsp3) is 0.150. The molecule has 2 atom stereocenters. The number of ketones is 1. The van der Waals surface area contributed by atoms with Gasteiger partial charge in [-0.3, -0.25) is 9.44 Å². The molecule has 2 aromatic carbocycles. The third-order valence-corrected chi connectivity index (χ3v) is 4.88. The van der Waals surface area contributed by atoms with Gasteiger partial charge in [0, 0.05) is 23.5 Å². The summed E-state index contributed by atoms with van der Waals surface area (Å²) in [5.74, 6) is 0.124. The fourth-order valence-electron chi connectivity index (χ4n) is 3.54. The number of benzene rings is 2. The Labute approximate surface area is 150 Å². The van der Waals surface area contributed by atoms with Gasteiger partial charge in [0.2, 0.25) is 0 Å². The smallest absolute Gasteiger partial charge is 0.293 e. The van der Waals surface area contributed by atoms with Crippen LogP contribution < -0.4 is 4.74 Å². The number of hydroxylamine groups is 3. The monoisotopic (exact) mass is 349 g/mol. The summed E-state index contributed by atoms with van der Waals surface area (Å²) >= 11 is 0. The van der Waals surface area contributed by atoms with Crippen molar-refractivity contribution in [2.24, 2.45) is 0 Å². The highest BCUT2D eigenvalue weighted by Crippen LogP contribution is 2.46. The Hall–Kier alpha value is -3.09. The minimum absolute atomic E-state index is 0.0731. The summed E-state index contributed by atoms with van der Waals surface area (Å²) in [7, 11) is 1.53. The molecule has 0 saturated carbocycles. The van der Waals surface area contributed by atoms with Crippen LogP contribution in [0.4, 0.5) is 5.69 Å². The van der Waals surface area contributed by atoms with Crippen LogP contribution in [-0.4, -0.2) is 22.3 Å². The molecule has 2 heterocycles. The molecule has 0 saturated heterocycles. The van der Waals surface area contributed by atoms with E-state index in [1.54, 1.807) is 18.2 Å². The van der Waals surface area contributed by atoms with E-state index < -0.39 is 16.5 Å². The quantitative estimate of drug-likeness (QED) is 0.482. The second kappa shape index (κ2) is 6.01. The molecule has 4 rings (SSSR count). The lowest BCUT2D eigenvalue weighted by Gasteiger charge is -2.41. The standard InChI is InChI=1S/C20H17N2O4/c1-26-15-7-8-17-16(12-15)18(11-14-5-3-2-4-6-14)22(25)10-9-20(23)19(22)13-21(17)24/h2-10,12-13,18H,11H2,1H3/q+1. The van der Waals surface area contributed by atoms with E-state index in [4.69, 9.17) is 4.74 Å². The number of nitrogens with zero attached hydrogens (tertiary/aromatic N) is 2. The maximum Gasteiger partial charge on any atom is 0.293 e. The maximum atomic E-state index is 13.7. The van der Waals surface area contributed by atoms with E-state index in [0.29, 0.717) is 28.2 Å². The summed E-state index contributed by atoms with van der Waals surface area (Å²) < 4.78 is 4.91. The molecule has 2 aromatic rings. The first-order valence-electron chi connectivity index (χ1n) is 8.26. The summed E-state index contributed by atoms with van der Waals surface area (Å²) in [6, 6.07) is 13.9. The van der Waals surface area contributed by atoms with Crippen molar-refractivity contribution < 1.29 is 18.9 Å². The van der Waals surface area contributed by atoms with Crippen molar-refractivity contribution in [1.29, 1.82) is 0 Å². The van der Waals surface area contributed by atoms with Crippen molar-refractivity contribution in [1.82, 2.24) is 0 Å². The highest BCUT2D eigenvalue weighted by Gasteiger charge is 2.48. The SMILES string of the molecule is COc1ccc2c(c1)C(Cc1ccccc1)[N+]1([O-])C=CC(=O)C1=C[N+]2=O. The first kappa shape index (κ1) is 16.4. The van der Waals surface area contributed by atoms with Gasteiger partial charge in [0.1, 0.15) is 18.0 Å². The van der Waals surface area contributed by atoms with E-state index in [0.717, 1.165) is 11.8 Å². The lowest BCUT2D eigenvalue weighted by molar-refractivity contribution is -0.816. The number of ether oxygens (including phenoxy) is 1. The van der Waals surface area contributed by atoms with Gasteiger partial charge in [-0.15, -0.1) is 0 Å².